The van der Waals surface area contributed by atoms with Gasteiger partial charge in [-0.25, -0.2) is 8.78 Å². The van der Waals surface area contributed by atoms with Gasteiger partial charge < -0.3 is 11.5 Å². The molecule has 0 aromatic heterocycles. The van der Waals surface area contributed by atoms with Gasteiger partial charge in [0, 0.05) is 22.5 Å². The molecule has 126 valence electrons. The average Bonchev–Trinajstić information content (AvgIpc) is 2.53. The second-order valence-electron chi connectivity index (χ2n) is 4.76. The Morgan fingerprint density at radius 3 is 1.21 bits per heavy atom. The summed E-state index contributed by atoms with van der Waals surface area (Å²) in [5.41, 5.74) is 9.09. The first-order chi connectivity index (χ1) is 11.2. The van der Waals surface area contributed by atoms with E-state index in [0.717, 1.165) is 24.3 Å². The SMILES string of the molecule is Nc1ccc(-c2ccc(N)cc2C(F)=C(F)F)c(C(F)=C(F)F)c1. The molecule has 0 aliphatic heterocycles. The zero-order valence-corrected chi connectivity index (χ0v) is 11.9. The molecule has 0 bridgehead atoms. The number of anilines is 2. The van der Waals surface area contributed by atoms with Crippen molar-refractivity contribution in [1.82, 2.24) is 0 Å². The molecular weight excluding hydrogens is 334 g/mol. The summed E-state index contributed by atoms with van der Waals surface area (Å²) in [7, 11) is 0. The average molecular weight is 344 g/mol. The molecule has 8 heteroatoms. The molecule has 0 aliphatic carbocycles. The third-order valence-electron chi connectivity index (χ3n) is 3.18. The summed E-state index contributed by atoms with van der Waals surface area (Å²) in [6.45, 7) is 0. The highest BCUT2D eigenvalue weighted by atomic mass is 19.3. The highest BCUT2D eigenvalue weighted by molar-refractivity contribution is 5.87. The molecule has 0 atom stereocenters. The standard InChI is InChI=1S/C16H10F6N2/c17-13(15(19)20)11-5-7(23)1-3-9(11)10-4-2-8(24)6-12(10)14(18)16(21)22/h1-6H,23-24H2. The molecule has 2 aromatic carbocycles. The normalized spacial score (nSPS) is 10.4. The Bertz CT molecular complexity index is 778. The van der Waals surface area contributed by atoms with E-state index < -0.39 is 34.9 Å². The van der Waals surface area contributed by atoms with Gasteiger partial charge in [-0.3, -0.25) is 0 Å². The van der Waals surface area contributed by atoms with Gasteiger partial charge in [0.25, 0.3) is 0 Å². The van der Waals surface area contributed by atoms with Crippen LogP contribution in [0.5, 0.6) is 0 Å². The first-order valence-corrected chi connectivity index (χ1v) is 6.44. The fraction of sp³-hybridized carbons (Fsp3) is 0. The molecule has 0 amide bonds. The summed E-state index contributed by atoms with van der Waals surface area (Å²) >= 11 is 0. The number of benzene rings is 2. The molecule has 2 nitrogen and oxygen atoms in total. The van der Waals surface area contributed by atoms with E-state index in [1.54, 1.807) is 0 Å². The van der Waals surface area contributed by atoms with E-state index >= 15 is 0 Å². The molecule has 0 heterocycles. The molecule has 4 N–H and O–H groups in total. The smallest absolute Gasteiger partial charge is 0.306 e. The Morgan fingerprint density at radius 1 is 0.583 bits per heavy atom. The maximum atomic E-state index is 13.8. The highest BCUT2D eigenvalue weighted by Crippen LogP contribution is 2.39. The van der Waals surface area contributed by atoms with Crippen LogP contribution >= 0.6 is 0 Å². The second-order valence-corrected chi connectivity index (χ2v) is 4.76. The summed E-state index contributed by atoms with van der Waals surface area (Å²) in [5, 5.41) is 0. The van der Waals surface area contributed by atoms with Crippen molar-refractivity contribution in [1.29, 1.82) is 0 Å². The van der Waals surface area contributed by atoms with E-state index in [1.165, 1.54) is 12.1 Å². The van der Waals surface area contributed by atoms with Crippen molar-refractivity contribution in [2.24, 2.45) is 0 Å². The third-order valence-corrected chi connectivity index (χ3v) is 3.18. The third kappa shape index (κ3) is 3.37. The van der Waals surface area contributed by atoms with Crippen LogP contribution < -0.4 is 11.5 Å². The van der Waals surface area contributed by atoms with Crippen LogP contribution in [0.4, 0.5) is 37.7 Å². The monoisotopic (exact) mass is 344 g/mol. The van der Waals surface area contributed by atoms with Crippen LogP contribution in [0.1, 0.15) is 11.1 Å². The van der Waals surface area contributed by atoms with Gasteiger partial charge in [-0.2, -0.15) is 17.6 Å². The first-order valence-electron chi connectivity index (χ1n) is 6.44. The van der Waals surface area contributed by atoms with E-state index in [-0.39, 0.29) is 22.5 Å². The number of nitrogens with two attached hydrogens (primary N) is 2. The van der Waals surface area contributed by atoms with Crippen LogP contribution in [0.3, 0.4) is 0 Å². The molecule has 0 saturated heterocycles. The molecule has 24 heavy (non-hydrogen) atoms. The summed E-state index contributed by atoms with van der Waals surface area (Å²) < 4.78 is 78.0. The predicted molar refractivity (Wildman–Crippen MR) is 81.2 cm³/mol. The van der Waals surface area contributed by atoms with Crippen molar-refractivity contribution >= 4 is 23.0 Å². The highest BCUT2D eigenvalue weighted by Gasteiger charge is 2.20. The van der Waals surface area contributed by atoms with Crippen molar-refractivity contribution in [3.63, 3.8) is 0 Å². The van der Waals surface area contributed by atoms with Gasteiger partial charge >= 0.3 is 12.2 Å². The topological polar surface area (TPSA) is 52.0 Å². The fourth-order valence-electron chi connectivity index (χ4n) is 2.16. The van der Waals surface area contributed by atoms with Crippen LogP contribution in [0.25, 0.3) is 22.8 Å². The molecule has 0 unspecified atom stereocenters. The minimum atomic E-state index is -2.62. The zero-order valence-electron chi connectivity index (χ0n) is 11.9. The maximum Gasteiger partial charge on any atom is 0.306 e. The van der Waals surface area contributed by atoms with Gasteiger partial charge in [0.2, 0.25) is 0 Å². The van der Waals surface area contributed by atoms with Gasteiger partial charge in [-0.05, 0) is 35.4 Å². The van der Waals surface area contributed by atoms with Crippen LogP contribution in [0.15, 0.2) is 48.6 Å². The Labute approximate surface area is 132 Å². The van der Waals surface area contributed by atoms with Gasteiger partial charge in [-0.1, -0.05) is 12.1 Å². The van der Waals surface area contributed by atoms with Gasteiger partial charge in [0.05, 0.1) is 0 Å². The predicted octanol–water partition coefficient (Wildman–Crippen LogP) is 5.59. The van der Waals surface area contributed by atoms with E-state index in [4.69, 9.17) is 11.5 Å². The summed E-state index contributed by atoms with van der Waals surface area (Å²) in [6, 6.07) is 6.55. The molecule has 2 aromatic rings. The van der Waals surface area contributed by atoms with E-state index in [9.17, 15) is 26.3 Å². The Balaban J connectivity index is 2.84. The molecule has 0 saturated carbocycles. The number of rotatable bonds is 3. The van der Waals surface area contributed by atoms with Gasteiger partial charge in [0.1, 0.15) is 0 Å². The van der Waals surface area contributed by atoms with Crippen molar-refractivity contribution in [3.8, 4) is 11.1 Å². The lowest BCUT2D eigenvalue weighted by Gasteiger charge is -2.13. The molecule has 0 fully saturated rings. The summed E-state index contributed by atoms with van der Waals surface area (Å²) in [6.07, 6.45) is -5.24. The van der Waals surface area contributed by atoms with E-state index in [0.29, 0.717) is 0 Å². The Hall–Kier alpha value is -2.90. The van der Waals surface area contributed by atoms with Gasteiger partial charge in [-0.15, -0.1) is 0 Å². The molecule has 0 aliphatic rings. The lowest BCUT2D eigenvalue weighted by molar-refractivity contribution is 0.410. The van der Waals surface area contributed by atoms with Crippen LogP contribution in [0, 0.1) is 0 Å². The lowest BCUT2D eigenvalue weighted by Crippen LogP contribution is -1.96. The lowest BCUT2D eigenvalue weighted by atomic mass is 9.93. The molecular formula is C16H10F6N2. The minimum Gasteiger partial charge on any atom is -0.399 e. The quantitative estimate of drug-likeness (QED) is 0.563. The molecule has 0 spiro atoms. The first kappa shape index (κ1) is 17.5. The summed E-state index contributed by atoms with van der Waals surface area (Å²) in [5.74, 6) is -3.77. The van der Waals surface area contributed by atoms with Crippen LogP contribution in [-0.4, -0.2) is 0 Å². The molecule has 0 radical (unpaired) electrons. The zero-order chi connectivity index (χ0) is 18.0. The number of nitrogen functional groups attached to an aromatic ring is 2. The van der Waals surface area contributed by atoms with Crippen molar-refractivity contribution in [3.05, 3.63) is 59.7 Å². The number of hydrogen-bond donors (Lipinski definition) is 2. The second kappa shape index (κ2) is 6.69. The van der Waals surface area contributed by atoms with Crippen LogP contribution in [0.2, 0.25) is 0 Å². The van der Waals surface area contributed by atoms with Gasteiger partial charge in [0.15, 0.2) is 11.7 Å². The number of halogens is 6. The number of hydrogen-bond acceptors (Lipinski definition) is 2. The van der Waals surface area contributed by atoms with Crippen molar-refractivity contribution < 1.29 is 26.3 Å². The minimum absolute atomic E-state index is 0.0326. The largest absolute Gasteiger partial charge is 0.399 e. The maximum absolute atomic E-state index is 13.8. The van der Waals surface area contributed by atoms with Crippen molar-refractivity contribution in [2.45, 2.75) is 0 Å². The van der Waals surface area contributed by atoms with Crippen LogP contribution in [-0.2, 0) is 0 Å². The fourth-order valence-corrected chi connectivity index (χ4v) is 2.16. The van der Waals surface area contributed by atoms with Crippen molar-refractivity contribution in [2.75, 3.05) is 11.5 Å². The van der Waals surface area contributed by atoms with E-state index in [1.807, 2.05) is 0 Å². The van der Waals surface area contributed by atoms with E-state index in [2.05, 4.69) is 0 Å². The Kier molecular flexibility index (Phi) is 4.87. The molecule has 2 rings (SSSR count). The Morgan fingerprint density at radius 2 is 0.917 bits per heavy atom. The summed E-state index contributed by atoms with van der Waals surface area (Å²) in [4.78, 5) is 0.